The maximum Gasteiger partial charge on any atom is -0.00994 e. The van der Waals surface area contributed by atoms with Gasteiger partial charge in [-0.05, 0) is 91.2 Å². The topological polar surface area (TPSA) is 0 Å². The van der Waals surface area contributed by atoms with Gasteiger partial charge in [-0.1, -0.05) is 27.7 Å². The van der Waals surface area contributed by atoms with Gasteiger partial charge in [0.1, 0.15) is 0 Å². The Labute approximate surface area is 119 Å². The number of hydrogen-bond acceptors (Lipinski definition) is 0. The van der Waals surface area contributed by atoms with Crippen LogP contribution in [0, 0.1) is 45.4 Å². The minimum absolute atomic E-state index is 0.744. The summed E-state index contributed by atoms with van der Waals surface area (Å²) in [5.74, 6) is 3.11. The molecule has 1 aromatic carbocycles. The first kappa shape index (κ1) is 14.6. The molecule has 19 heavy (non-hydrogen) atoms. The standard InChI is InChI=1S/C19H30/c1-10(2)16-9-17-14(7)12(5)13(6)15(8)19(17)18(16)11(3)4/h10-11,16,18H,9H2,1-8H3. The molecule has 1 aliphatic carbocycles. The molecule has 0 radical (unpaired) electrons. The van der Waals surface area contributed by atoms with Crippen LogP contribution in [0.2, 0.25) is 0 Å². The molecule has 0 heterocycles. The van der Waals surface area contributed by atoms with Crippen LogP contribution < -0.4 is 0 Å². The van der Waals surface area contributed by atoms with Crippen LogP contribution in [0.15, 0.2) is 0 Å². The highest BCUT2D eigenvalue weighted by atomic mass is 14.4. The molecular weight excluding hydrogens is 228 g/mol. The van der Waals surface area contributed by atoms with Gasteiger partial charge in [-0.2, -0.15) is 0 Å². The Morgan fingerprint density at radius 3 is 1.74 bits per heavy atom. The van der Waals surface area contributed by atoms with Crippen molar-refractivity contribution in [2.75, 3.05) is 0 Å². The zero-order valence-corrected chi connectivity index (χ0v) is 14.0. The van der Waals surface area contributed by atoms with Crippen molar-refractivity contribution in [3.63, 3.8) is 0 Å². The minimum Gasteiger partial charge on any atom is -0.0625 e. The van der Waals surface area contributed by atoms with Crippen LogP contribution in [0.3, 0.4) is 0 Å². The molecule has 1 aliphatic rings. The van der Waals surface area contributed by atoms with E-state index in [9.17, 15) is 0 Å². The molecule has 0 fully saturated rings. The van der Waals surface area contributed by atoms with Crippen molar-refractivity contribution >= 4 is 0 Å². The summed E-state index contributed by atoms with van der Waals surface area (Å²) < 4.78 is 0. The zero-order chi connectivity index (χ0) is 14.5. The van der Waals surface area contributed by atoms with E-state index in [1.807, 2.05) is 0 Å². The molecule has 1 aromatic rings. The highest BCUT2D eigenvalue weighted by Gasteiger charge is 2.38. The molecule has 0 spiro atoms. The predicted octanol–water partition coefficient (Wildman–Crippen LogP) is 5.49. The third kappa shape index (κ3) is 2.14. The Kier molecular flexibility index (Phi) is 3.82. The molecule has 0 nitrogen and oxygen atoms in total. The summed E-state index contributed by atoms with van der Waals surface area (Å²) >= 11 is 0. The van der Waals surface area contributed by atoms with E-state index in [0.717, 1.165) is 23.7 Å². The zero-order valence-electron chi connectivity index (χ0n) is 14.0. The Balaban J connectivity index is 2.68. The van der Waals surface area contributed by atoms with Crippen molar-refractivity contribution in [1.29, 1.82) is 0 Å². The molecule has 0 aromatic heterocycles. The minimum atomic E-state index is 0.744. The summed E-state index contributed by atoms with van der Waals surface area (Å²) in [5, 5.41) is 0. The normalized spacial score (nSPS) is 22.4. The fourth-order valence-corrected chi connectivity index (χ4v) is 4.19. The van der Waals surface area contributed by atoms with Crippen LogP contribution in [-0.4, -0.2) is 0 Å². The van der Waals surface area contributed by atoms with Crippen molar-refractivity contribution in [1.82, 2.24) is 0 Å². The van der Waals surface area contributed by atoms with Crippen molar-refractivity contribution in [3.8, 4) is 0 Å². The van der Waals surface area contributed by atoms with Crippen molar-refractivity contribution < 1.29 is 0 Å². The van der Waals surface area contributed by atoms with E-state index in [2.05, 4.69) is 55.4 Å². The maximum absolute atomic E-state index is 2.40. The Morgan fingerprint density at radius 2 is 1.26 bits per heavy atom. The lowest BCUT2D eigenvalue weighted by molar-refractivity contribution is 0.288. The van der Waals surface area contributed by atoms with Gasteiger partial charge >= 0.3 is 0 Å². The van der Waals surface area contributed by atoms with Crippen LogP contribution in [0.25, 0.3) is 0 Å². The Morgan fingerprint density at radius 1 is 0.737 bits per heavy atom. The fourth-order valence-electron chi connectivity index (χ4n) is 4.19. The smallest absolute Gasteiger partial charge is 0.00994 e. The second-order valence-electron chi connectivity index (χ2n) is 7.27. The molecule has 106 valence electrons. The van der Waals surface area contributed by atoms with Crippen molar-refractivity contribution in [2.45, 2.75) is 67.7 Å². The van der Waals surface area contributed by atoms with E-state index in [1.54, 1.807) is 22.3 Å². The Hall–Kier alpha value is -0.780. The van der Waals surface area contributed by atoms with E-state index < -0.39 is 0 Å². The van der Waals surface area contributed by atoms with Gasteiger partial charge in [-0.25, -0.2) is 0 Å². The van der Waals surface area contributed by atoms with Crippen LogP contribution >= 0.6 is 0 Å². The summed E-state index contributed by atoms with van der Waals surface area (Å²) in [6.45, 7) is 18.9. The summed E-state index contributed by atoms with van der Waals surface area (Å²) in [5.41, 5.74) is 9.55. The summed E-state index contributed by atoms with van der Waals surface area (Å²) in [7, 11) is 0. The number of fused-ring (bicyclic) bond motifs is 1. The lowest BCUT2D eigenvalue weighted by Gasteiger charge is -2.28. The quantitative estimate of drug-likeness (QED) is 0.658. The average molecular weight is 258 g/mol. The highest BCUT2D eigenvalue weighted by Crippen LogP contribution is 2.49. The van der Waals surface area contributed by atoms with Gasteiger partial charge in [0.05, 0.1) is 0 Å². The summed E-state index contributed by atoms with van der Waals surface area (Å²) in [6, 6.07) is 0. The van der Waals surface area contributed by atoms with Gasteiger partial charge in [-0.3, -0.25) is 0 Å². The lowest BCUT2D eigenvalue weighted by atomic mass is 9.76. The first-order valence-corrected chi connectivity index (χ1v) is 7.86. The van der Waals surface area contributed by atoms with Gasteiger partial charge in [0.2, 0.25) is 0 Å². The van der Waals surface area contributed by atoms with Crippen molar-refractivity contribution in [3.05, 3.63) is 33.4 Å². The number of rotatable bonds is 2. The second-order valence-corrected chi connectivity index (χ2v) is 7.27. The van der Waals surface area contributed by atoms with Crippen LogP contribution in [0.1, 0.15) is 67.0 Å². The molecule has 0 aliphatic heterocycles. The molecule has 2 unspecified atom stereocenters. The third-order valence-corrected chi connectivity index (χ3v) is 5.68. The monoisotopic (exact) mass is 258 g/mol. The molecule has 0 N–H and O–H groups in total. The maximum atomic E-state index is 2.40. The molecule has 2 rings (SSSR count). The third-order valence-electron chi connectivity index (χ3n) is 5.68. The van der Waals surface area contributed by atoms with E-state index in [-0.39, 0.29) is 0 Å². The molecule has 2 atom stereocenters. The van der Waals surface area contributed by atoms with Crippen LogP contribution in [0.5, 0.6) is 0 Å². The molecule has 0 bridgehead atoms. The first-order valence-electron chi connectivity index (χ1n) is 7.86. The van der Waals surface area contributed by atoms with E-state index >= 15 is 0 Å². The molecule has 0 heteroatoms. The fraction of sp³-hybridized carbons (Fsp3) is 0.684. The molecular formula is C19H30. The SMILES string of the molecule is Cc1c(C)c(C)c2c(c1C)CC(C(C)C)C2C(C)C. The first-order chi connectivity index (χ1) is 8.77. The van der Waals surface area contributed by atoms with Gasteiger partial charge < -0.3 is 0 Å². The molecule has 0 saturated heterocycles. The lowest BCUT2D eigenvalue weighted by Crippen LogP contribution is -2.19. The largest absolute Gasteiger partial charge is 0.0625 e. The summed E-state index contributed by atoms with van der Waals surface area (Å²) in [4.78, 5) is 0. The van der Waals surface area contributed by atoms with E-state index in [4.69, 9.17) is 0 Å². The second kappa shape index (κ2) is 4.96. The highest BCUT2D eigenvalue weighted by molar-refractivity contribution is 5.54. The van der Waals surface area contributed by atoms with Gasteiger partial charge in [0, 0.05) is 0 Å². The van der Waals surface area contributed by atoms with Gasteiger partial charge in [-0.15, -0.1) is 0 Å². The predicted molar refractivity (Wildman–Crippen MR) is 85.0 cm³/mol. The van der Waals surface area contributed by atoms with Gasteiger partial charge in [0.15, 0.2) is 0 Å². The van der Waals surface area contributed by atoms with Crippen molar-refractivity contribution in [2.24, 2.45) is 17.8 Å². The number of hydrogen-bond donors (Lipinski definition) is 0. The van der Waals surface area contributed by atoms with Crippen LogP contribution in [0.4, 0.5) is 0 Å². The molecule has 0 saturated carbocycles. The average Bonchev–Trinajstić information content (AvgIpc) is 2.74. The van der Waals surface area contributed by atoms with Gasteiger partial charge in [0.25, 0.3) is 0 Å². The Bertz CT molecular complexity index is 491. The van der Waals surface area contributed by atoms with E-state index in [1.165, 1.54) is 17.5 Å². The van der Waals surface area contributed by atoms with E-state index in [0.29, 0.717) is 0 Å². The molecule has 0 amide bonds. The summed E-state index contributed by atoms with van der Waals surface area (Å²) in [6.07, 6.45) is 1.30. The van der Waals surface area contributed by atoms with Crippen LogP contribution in [-0.2, 0) is 6.42 Å². The number of benzene rings is 1.